The number of carbonyl (C=O) groups excluding carboxylic acids is 1. The number of carbonyl (C=O) groups is 1. The van der Waals surface area contributed by atoms with Crippen molar-refractivity contribution in [3.8, 4) is 0 Å². The van der Waals surface area contributed by atoms with Crippen LogP contribution in [0.5, 0.6) is 0 Å². The predicted molar refractivity (Wildman–Crippen MR) is 174 cm³/mol. The summed E-state index contributed by atoms with van der Waals surface area (Å²) in [6.45, 7) is 5.63. The molecule has 0 amide bonds. The van der Waals surface area contributed by atoms with Gasteiger partial charge in [-0.1, -0.05) is 116 Å². The molecule has 3 N–H and O–H groups in total. The Morgan fingerprint density at radius 2 is 1.36 bits per heavy atom. The summed E-state index contributed by atoms with van der Waals surface area (Å²) in [5.41, 5.74) is 0.617. The average Bonchev–Trinajstić information content (AvgIpc) is 3.31. The quantitative estimate of drug-likeness (QED) is 0.0612. The summed E-state index contributed by atoms with van der Waals surface area (Å²) in [7, 11) is 0. The lowest BCUT2D eigenvalue weighted by molar-refractivity contribution is -0.259. The number of unbranched alkanes of at least 4 members (excludes halogenated alkanes) is 17. The van der Waals surface area contributed by atoms with E-state index in [0.29, 0.717) is 31.6 Å². The fraction of sp³-hybridized carbons (Fsp3) is 0.917. The van der Waals surface area contributed by atoms with Crippen molar-refractivity contribution >= 4 is 5.97 Å². The van der Waals surface area contributed by atoms with Crippen molar-refractivity contribution in [2.75, 3.05) is 19.8 Å². The summed E-state index contributed by atoms with van der Waals surface area (Å²) >= 11 is 0. The van der Waals surface area contributed by atoms with Gasteiger partial charge in [0.1, 0.15) is 18.3 Å². The van der Waals surface area contributed by atoms with Gasteiger partial charge in [0.2, 0.25) is 0 Å². The number of hydrogen-bond acceptors (Lipinski definition) is 8. The molecule has 0 aliphatic carbocycles. The van der Waals surface area contributed by atoms with E-state index in [1.54, 1.807) is 0 Å². The van der Waals surface area contributed by atoms with E-state index in [1.807, 2.05) is 13.0 Å². The lowest BCUT2D eigenvalue weighted by Gasteiger charge is -2.36. The molecule has 0 aromatic carbocycles. The van der Waals surface area contributed by atoms with Gasteiger partial charge in [-0.25, -0.2) is 4.79 Å². The minimum absolute atomic E-state index is 0.169. The van der Waals surface area contributed by atoms with Crippen molar-refractivity contribution in [2.24, 2.45) is 0 Å². The number of ether oxygens (including phenoxy) is 4. The Hall–Kier alpha value is -1.03. The van der Waals surface area contributed by atoms with E-state index in [0.717, 1.165) is 38.5 Å². The van der Waals surface area contributed by atoms with Crippen LogP contribution in [0.4, 0.5) is 0 Å². The van der Waals surface area contributed by atoms with E-state index in [9.17, 15) is 20.1 Å². The molecule has 8 heteroatoms. The van der Waals surface area contributed by atoms with Crippen molar-refractivity contribution in [3.63, 3.8) is 0 Å². The largest absolute Gasteiger partial charge is 0.455 e. The van der Waals surface area contributed by atoms with Gasteiger partial charge in [-0.2, -0.15) is 0 Å². The Morgan fingerprint density at radius 3 is 1.93 bits per heavy atom. The topological polar surface area (TPSA) is 115 Å². The molecule has 2 aliphatic heterocycles. The zero-order chi connectivity index (χ0) is 31.8. The Morgan fingerprint density at radius 1 is 0.818 bits per heavy atom. The Kier molecular flexibility index (Phi) is 22.3. The molecule has 1 saturated heterocycles. The molecule has 2 rings (SSSR count). The van der Waals surface area contributed by atoms with Crippen LogP contribution in [0.25, 0.3) is 0 Å². The van der Waals surface area contributed by atoms with E-state index in [4.69, 9.17) is 18.9 Å². The van der Waals surface area contributed by atoms with Crippen molar-refractivity contribution in [1.29, 1.82) is 0 Å². The van der Waals surface area contributed by atoms with Gasteiger partial charge in [0.15, 0.2) is 6.29 Å². The summed E-state index contributed by atoms with van der Waals surface area (Å²) in [6, 6.07) is 0. The van der Waals surface area contributed by atoms with E-state index >= 15 is 0 Å². The summed E-state index contributed by atoms with van der Waals surface area (Å²) in [5.74, 6) is -0.281. The first kappa shape index (κ1) is 39.1. The van der Waals surface area contributed by atoms with E-state index in [2.05, 4.69) is 6.92 Å². The first-order chi connectivity index (χ1) is 21.4. The maximum atomic E-state index is 11.6. The normalized spacial score (nSPS) is 24.4. The van der Waals surface area contributed by atoms with Gasteiger partial charge in [-0.15, -0.1) is 0 Å². The molecule has 0 unspecified atom stereocenters. The van der Waals surface area contributed by atoms with Crippen LogP contribution in [0, 0.1) is 0 Å². The van der Waals surface area contributed by atoms with Gasteiger partial charge in [0.05, 0.1) is 18.8 Å². The summed E-state index contributed by atoms with van der Waals surface area (Å²) in [4.78, 5) is 11.6. The average molecular weight is 627 g/mol. The van der Waals surface area contributed by atoms with Gasteiger partial charge >= 0.3 is 5.97 Å². The molecular weight excluding hydrogens is 560 g/mol. The third kappa shape index (κ3) is 18.2. The van der Waals surface area contributed by atoms with Gasteiger partial charge < -0.3 is 34.3 Å². The van der Waals surface area contributed by atoms with E-state index < -0.39 is 30.7 Å². The second kappa shape index (κ2) is 25.1. The molecule has 0 bridgehead atoms. The van der Waals surface area contributed by atoms with Gasteiger partial charge in [0.25, 0.3) is 0 Å². The number of cyclic esters (lactones) is 1. The van der Waals surface area contributed by atoms with Crippen LogP contribution in [0.2, 0.25) is 0 Å². The van der Waals surface area contributed by atoms with Gasteiger partial charge in [-0.3, -0.25) is 0 Å². The lowest BCUT2D eigenvalue weighted by Crippen LogP contribution is -2.51. The fourth-order valence-electron chi connectivity index (χ4n) is 6.12. The summed E-state index contributed by atoms with van der Waals surface area (Å²) in [6.07, 6.45) is 22.7. The van der Waals surface area contributed by atoms with Gasteiger partial charge in [0, 0.05) is 31.6 Å². The van der Waals surface area contributed by atoms with Crippen molar-refractivity contribution in [1.82, 2.24) is 0 Å². The molecule has 0 radical (unpaired) electrons. The lowest BCUT2D eigenvalue weighted by atomic mass is 10.0. The van der Waals surface area contributed by atoms with Crippen LogP contribution >= 0.6 is 0 Å². The van der Waals surface area contributed by atoms with Gasteiger partial charge in [-0.05, 0) is 32.3 Å². The smallest absolute Gasteiger partial charge is 0.334 e. The molecule has 1 fully saturated rings. The maximum absolute atomic E-state index is 11.6. The minimum atomic E-state index is -0.935. The first-order valence-corrected chi connectivity index (χ1v) is 18.2. The number of hydrogen-bond donors (Lipinski definition) is 3. The van der Waals surface area contributed by atoms with Crippen molar-refractivity contribution in [2.45, 2.75) is 192 Å². The highest BCUT2D eigenvalue weighted by molar-refractivity contribution is 5.90. The third-order valence-electron chi connectivity index (χ3n) is 8.89. The Balaban J connectivity index is 1.37. The molecule has 0 aromatic heterocycles. The fourth-order valence-corrected chi connectivity index (χ4v) is 6.12. The second-order valence-electron chi connectivity index (χ2n) is 13.2. The number of esters is 1. The standard InChI is InChI=1S/C36H66O8/c1-3-4-5-6-7-11-14-17-20-23-41-28-33-35(39)32(38)27-34(44-33)42-24-21-18-15-12-9-8-10-13-16-19-22-31(37)26-30-25-29(2)43-36(30)40/h25,29,31-35,37-39H,3-24,26-28H2,1-2H3/t29-,31+,32+,33+,34-,35-/m0/s1. The molecule has 6 atom stereocenters. The number of aliphatic hydroxyl groups is 3. The summed E-state index contributed by atoms with van der Waals surface area (Å²) < 4.78 is 22.7. The summed E-state index contributed by atoms with van der Waals surface area (Å²) in [5, 5.41) is 30.8. The maximum Gasteiger partial charge on any atom is 0.334 e. The van der Waals surface area contributed by atoms with Crippen LogP contribution in [0.1, 0.15) is 155 Å². The van der Waals surface area contributed by atoms with E-state index in [-0.39, 0.29) is 18.7 Å². The molecule has 2 heterocycles. The Labute approximate surface area is 268 Å². The monoisotopic (exact) mass is 626 g/mol. The highest BCUT2D eigenvalue weighted by atomic mass is 16.7. The predicted octanol–water partition coefficient (Wildman–Crippen LogP) is 7.30. The Bertz CT molecular complexity index is 744. The molecule has 0 aromatic rings. The van der Waals surface area contributed by atoms with Crippen LogP contribution in [0.3, 0.4) is 0 Å². The molecule has 0 saturated carbocycles. The third-order valence-corrected chi connectivity index (χ3v) is 8.89. The molecule has 2 aliphatic rings. The van der Waals surface area contributed by atoms with Crippen molar-refractivity contribution in [3.05, 3.63) is 11.6 Å². The molecule has 0 spiro atoms. The second-order valence-corrected chi connectivity index (χ2v) is 13.2. The number of aliphatic hydroxyl groups excluding tert-OH is 3. The van der Waals surface area contributed by atoms with Crippen LogP contribution in [-0.2, 0) is 23.7 Å². The molecule has 258 valence electrons. The van der Waals surface area contributed by atoms with Crippen LogP contribution < -0.4 is 0 Å². The molecular formula is C36H66O8. The molecule has 8 nitrogen and oxygen atoms in total. The first-order valence-electron chi connectivity index (χ1n) is 18.2. The van der Waals surface area contributed by atoms with E-state index in [1.165, 1.54) is 89.9 Å². The SMILES string of the molecule is CCCCCCCCCCCOC[C@H]1O[C@H](OCCCCCCCCCCCC[C@@H](O)CC2=C[C@H](C)OC2=O)C[C@@H](O)[C@@H]1O. The molecule has 44 heavy (non-hydrogen) atoms. The zero-order valence-corrected chi connectivity index (χ0v) is 28.1. The number of rotatable bonds is 28. The van der Waals surface area contributed by atoms with Crippen LogP contribution in [-0.4, -0.2) is 77.9 Å². The highest BCUT2D eigenvalue weighted by Gasteiger charge is 2.37. The van der Waals surface area contributed by atoms with Crippen molar-refractivity contribution < 1.29 is 39.1 Å². The minimum Gasteiger partial charge on any atom is -0.455 e. The van der Waals surface area contributed by atoms with Crippen LogP contribution in [0.15, 0.2) is 11.6 Å². The highest BCUT2D eigenvalue weighted by Crippen LogP contribution is 2.23. The zero-order valence-electron chi connectivity index (χ0n) is 28.1.